The number of rotatable bonds is 4. The minimum Gasteiger partial charge on any atom is -0.320 e. The van der Waals surface area contributed by atoms with Crippen LogP contribution in [0.15, 0.2) is 5.57 Å². The van der Waals surface area contributed by atoms with Gasteiger partial charge in [0.1, 0.15) is 5.82 Å². The highest BCUT2D eigenvalue weighted by Crippen LogP contribution is 2.27. The van der Waals surface area contributed by atoms with Crippen molar-refractivity contribution in [1.82, 2.24) is 14.9 Å². The van der Waals surface area contributed by atoms with Crippen molar-refractivity contribution in [3.8, 4) is 0 Å². The van der Waals surface area contributed by atoms with Gasteiger partial charge in [-0.3, -0.25) is 0 Å². The summed E-state index contributed by atoms with van der Waals surface area (Å²) in [7, 11) is 2.02. The lowest BCUT2D eigenvalue weighted by Crippen LogP contribution is -2.16. The summed E-state index contributed by atoms with van der Waals surface area (Å²) in [5.41, 5.74) is 4.02. The van der Waals surface area contributed by atoms with Crippen LogP contribution < -0.4 is 5.32 Å². The maximum Gasteiger partial charge on any atom is 0.113 e. The van der Waals surface area contributed by atoms with Gasteiger partial charge in [-0.25, -0.2) is 4.98 Å². The molecule has 2 rings (SSSR count). The molecule has 2 heterocycles. The summed E-state index contributed by atoms with van der Waals surface area (Å²) in [6, 6.07) is 0. The zero-order chi connectivity index (χ0) is 12.4. The third kappa shape index (κ3) is 2.44. The van der Waals surface area contributed by atoms with Crippen molar-refractivity contribution >= 4 is 6.20 Å². The monoisotopic (exact) mass is 233 g/mol. The first-order valence-electron chi connectivity index (χ1n) is 6.53. The molecule has 0 bridgehead atoms. The molecule has 0 amide bonds. The summed E-state index contributed by atoms with van der Waals surface area (Å²) < 4.78 is 2.28. The van der Waals surface area contributed by atoms with Crippen molar-refractivity contribution in [1.29, 1.82) is 0 Å². The van der Waals surface area contributed by atoms with Gasteiger partial charge in [-0.15, -0.1) is 0 Å². The third-order valence-electron chi connectivity index (χ3n) is 3.85. The molecule has 0 aliphatic carbocycles. The smallest absolute Gasteiger partial charge is 0.113 e. The number of hydrogen-bond donors (Lipinski definition) is 1. The van der Waals surface area contributed by atoms with Crippen molar-refractivity contribution in [3.05, 3.63) is 22.8 Å². The lowest BCUT2D eigenvalue weighted by atomic mass is 9.93. The van der Waals surface area contributed by atoms with Gasteiger partial charge in [0.05, 0.1) is 5.69 Å². The van der Waals surface area contributed by atoms with Gasteiger partial charge in [0.25, 0.3) is 0 Å². The zero-order valence-corrected chi connectivity index (χ0v) is 11.4. The highest BCUT2D eigenvalue weighted by atomic mass is 15.1. The summed E-state index contributed by atoms with van der Waals surface area (Å²) in [5.74, 6) is 1.89. The molecule has 3 nitrogen and oxygen atoms in total. The second kappa shape index (κ2) is 5.05. The summed E-state index contributed by atoms with van der Waals surface area (Å²) >= 11 is 0. The summed E-state index contributed by atoms with van der Waals surface area (Å²) in [6.45, 7) is 7.67. The molecule has 1 unspecified atom stereocenters. The first kappa shape index (κ1) is 12.4. The number of aromatic nitrogens is 2. The van der Waals surface area contributed by atoms with Gasteiger partial charge in [-0.05, 0) is 46.2 Å². The van der Waals surface area contributed by atoms with Gasteiger partial charge in [0.2, 0.25) is 0 Å². The number of hydrogen-bond acceptors (Lipinski definition) is 2. The van der Waals surface area contributed by atoms with Crippen molar-refractivity contribution in [3.63, 3.8) is 0 Å². The highest BCUT2D eigenvalue weighted by molar-refractivity contribution is 5.41. The van der Waals surface area contributed by atoms with Gasteiger partial charge in [-0.1, -0.05) is 12.5 Å². The van der Waals surface area contributed by atoms with Crippen molar-refractivity contribution in [2.24, 2.45) is 5.92 Å². The topological polar surface area (TPSA) is 29.9 Å². The minimum atomic E-state index is 0.665. The van der Waals surface area contributed by atoms with Crippen molar-refractivity contribution < 1.29 is 0 Å². The molecule has 1 atom stereocenters. The summed E-state index contributed by atoms with van der Waals surface area (Å²) in [5, 5.41) is 3.23. The first-order valence-corrected chi connectivity index (χ1v) is 6.53. The van der Waals surface area contributed by atoms with Crippen molar-refractivity contribution in [2.45, 2.75) is 40.0 Å². The maximum absolute atomic E-state index is 4.61. The zero-order valence-electron chi connectivity index (χ0n) is 11.4. The molecular formula is C14H23N3. The van der Waals surface area contributed by atoms with Gasteiger partial charge >= 0.3 is 0 Å². The molecule has 1 aliphatic rings. The van der Waals surface area contributed by atoms with Gasteiger partial charge in [0.15, 0.2) is 0 Å². The Morgan fingerprint density at radius 1 is 1.41 bits per heavy atom. The van der Waals surface area contributed by atoms with Crippen LogP contribution in [0, 0.1) is 19.8 Å². The largest absolute Gasteiger partial charge is 0.320 e. The summed E-state index contributed by atoms with van der Waals surface area (Å²) in [4.78, 5) is 4.61. The van der Waals surface area contributed by atoms with E-state index in [1.54, 1.807) is 5.57 Å². The number of fused-ring (bicyclic) bond motifs is 1. The first-order chi connectivity index (χ1) is 8.13. The molecule has 0 fully saturated rings. The fourth-order valence-electron chi connectivity index (χ4n) is 2.45. The Bertz CT molecular complexity index is 429. The van der Waals surface area contributed by atoms with Gasteiger partial charge in [-0.2, -0.15) is 0 Å². The third-order valence-corrected chi connectivity index (χ3v) is 3.85. The molecule has 94 valence electrons. The van der Waals surface area contributed by atoms with Gasteiger partial charge in [0, 0.05) is 18.3 Å². The molecule has 1 aliphatic heterocycles. The Labute approximate surface area is 104 Å². The van der Waals surface area contributed by atoms with Crippen LogP contribution in [0.4, 0.5) is 0 Å². The number of allylic oxidation sites excluding steroid dienone is 1. The fraction of sp³-hybridized carbons (Fsp3) is 0.643. The Hall–Kier alpha value is -1.09. The van der Waals surface area contributed by atoms with Crippen LogP contribution in [-0.2, 0) is 6.42 Å². The van der Waals surface area contributed by atoms with E-state index in [-0.39, 0.29) is 0 Å². The lowest BCUT2D eigenvalue weighted by Gasteiger charge is -2.21. The molecule has 0 radical (unpaired) electrons. The van der Waals surface area contributed by atoms with Crippen LogP contribution in [0.3, 0.4) is 0 Å². The lowest BCUT2D eigenvalue weighted by molar-refractivity contribution is 0.557. The average Bonchev–Trinajstić information content (AvgIpc) is 2.62. The molecule has 1 N–H and O–H groups in total. The molecule has 3 heteroatoms. The van der Waals surface area contributed by atoms with E-state index in [0.717, 1.165) is 13.0 Å². The highest BCUT2D eigenvalue weighted by Gasteiger charge is 2.18. The van der Waals surface area contributed by atoms with Crippen LogP contribution in [0.2, 0.25) is 0 Å². The van der Waals surface area contributed by atoms with Crippen LogP contribution >= 0.6 is 0 Å². The van der Waals surface area contributed by atoms with E-state index in [0.29, 0.717) is 5.92 Å². The Morgan fingerprint density at radius 2 is 2.18 bits per heavy atom. The molecule has 0 aromatic carbocycles. The van der Waals surface area contributed by atoms with Crippen LogP contribution in [0.5, 0.6) is 0 Å². The van der Waals surface area contributed by atoms with Crippen molar-refractivity contribution in [2.75, 3.05) is 13.6 Å². The Balaban J connectivity index is 2.19. The minimum absolute atomic E-state index is 0.665. The maximum atomic E-state index is 4.61. The van der Waals surface area contributed by atoms with Crippen LogP contribution in [0.1, 0.15) is 37.0 Å². The predicted molar refractivity (Wildman–Crippen MR) is 72.0 cm³/mol. The van der Waals surface area contributed by atoms with Gasteiger partial charge < -0.3 is 9.88 Å². The Kier molecular flexibility index (Phi) is 3.67. The average molecular weight is 233 g/mol. The number of nitrogens with zero attached hydrogens (tertiary/aromatic N) is 2. The SMILES string of the molecule is CNCCC(C)C1=Cn2c(nc(C)c2C)CC1. The molecular weight excluding hydrogens is 210 g/mol. The standard InChI is InChI=1S/C14H23N3/c1-10(7-8-15-4)13-5-6-14-16-11(2)12(3)17(14)9-13/h9-10,15H,5-8H2,1-4H3. The normalized spacial score (nSPS) is 16.6. The fourth-order valence-corrected chi connectivity index (χ4v) is 2.45. The second-order valence-electron chi connectivity index (χ2n) is 5.07. The molecule has 1 aromatic heterocycles. The Morgan fingerprint density at radius 3 is 2.88 bits per heavy atom. The quantitative estimate of drug-likeness (QED) is 0.866. The number of aryl methyl sites for hydroxylation is 2. The van der Waals surface area contributed by atoms with Crippen LogP contribution in [0.25, 0.3) is 6.20 Å². The predicted octanol–water partition coefficient (Wildman–Crippen LogP) is 2.53. The molecule has 0 saturated heterocycles. The molecule has 0 saturated carbocycles. The second-order valence-corrected chi connectivity index (χ2v) is 5.07. The van der Waals surface area contributed by atoms with E-state index < -0.39 is 0 Å². The molecule has 1 aromatic rings. The van der Waals surface area contributed by atoms with E-state index in [9.17, 15) is 0 Å². The molecule has 0 spiro atoms. The van der Waals surface area contributed by atoms with Crippen LogP contribution in [-0.4, -0.2) is 23.1 Å². The van der Waals surface area contributed by atoms with E-state index >= 15 is 0 Å². The van der Waals surface area contributed by atoms with E-state index in [1.807, 2.05) is 7.05 Å². The molecule has 17 heavy (non-hydrogen) atoms. The van der Waals surface area contributed by atoms with E-state index in [1.165, 1.54) is 30.1 Å². The summed E-state index contributed by atoms with van der Waals surface area (Å²) in [6.07, 6.45) is 5.78. The number of nitrogens with one attached hydrogen (secondary N) is 1. The van der Waals surface area contributed by atoms with E-state index in [2.05, 4.69) is 41.8 Å². The van der Waals surface area contributed by atoms with E-state index in [4.69, 9.17) is 0 Å². The number of imidazole rings is 1.